The van der Waals surface area contributed by atoms with E-state index in [2.05, 4.69) is 49.0 Å². The summed E-state index contributed by atoms with van der Waals surface area (Å²) in [5, 5.41) is 34.1. The molecular weight excluding hydrogens is 1110 g/mol. The second-order valence-electron chi connectivity index (χ2n) is 30.1. The minimum Gasteiger partial charge on any atom is -0.393 e. The van der Waals surface area contributed by atoms with Crippen LogP contribution in [0.3, 0.4) is 0 Å². The lowest BCUT2D eigenvalue weighted by Gasteiger charge is -2.42. The largest absolute Gasteiger partial charge is 0.393 e. The molecular formula is C80H152N4O6. The van der Waals surface area contributed by atoms with E-state index in [4.69, 9.17) is 0 Å². The van der Waals surface area contributed by atoms with Gasteiger partial charge in [-0.15, -0.1) is 0 Å². The highest BCUT2D eigenvalue weighted by molar-refractivity contribution is 5.78. The van der Waals surface area contributed by atoms with Gasteiger partial charge in [0.15, 0.2) is 0 Å². The molecule has 0 heterocycles. The number of hydrogen-bond acceptors (Lipinski definition) is 6. The Balaban J connectivity index is 1.44. The minimum atomic E-state index is -0.118. The number of hydrogen-bond donors (Lipinski definition) is 6. The molecule has 0 bridgehead atoms. The summed E-state index contributed by atoms with van der Waals surface area (Å²) in [6, 6.07) is 0.110. The quantitative estimate of drug-likeness (QED) is 0.0333. The maximum absolute atomic E-state index is 13.7. The highest BCUT2D eigenvalue weighted by Gasteiger charge is 2.36. The standard InChI is InChI=1S/C80H152N4O6/c1-5-9-13-17-27-33-49-67-65-69(51-41-47-63-79(89)83-75-59-45-43-57-73(75)81-77(87)61-39-31-25-21-19-23-29-37-55-71(85)53-35-15-11-7-3)70(66-68(67)50-34-28-18-14-10-6-2)52-42-48-64-80(90)84-76-60-46-44-58-74(76)82-78(88)62-40-32-26-22-20-24-30-38-56-72(86)54-36-16-12-8-4/h67-76,85-86H,5-66H2,1-4H3,(H,81,87)(H,82,88)(H,83,89)(H,84,90)/t67?,68?,69?,70?,71?,72?,73-,74+,75-,76?/m1/s1. The van der Waals surface area contributed by atoms with Crippen molar-refractivity contribution in [1.82, 2.24) is 21.3 Å². The van der Waals surface area contributed by atoms with Gasteiger partial charge in [-0.1, -0.05) is 310 Å². The van der Waals surface area contributed by atoms with Crippen LogP contribution in [-0.4, -0.2) is 70.2 Å². The lowest BCUT2D eigenvalue weighted by molar-refractivity contribution is -0.125. The average molecular weight is 1270 g/mol. The predicted octanol–water partition coefficient (Wildman–Crippen LogP) is 21.4. The molecule has 6 N–H and O–H groups in total. The Morgan fingerprint density at radius 3 is 0.722 bits per heavy atom. The fraction of sp³-hybridized carbons (Fsp3) is 0.950. The summed E-state index contributed by atoms with van der Waals surface area (Å²) in [7, 11) is 0. The van der Waals surface area contributed by atoms with Crippen molar-refractivity contribution < 1.29 is 29.4 Å². The van der Waals surface area contributed by atoms with Crippen LogP contribution in [0.1, 0.15) is 426 Å². The molecule has 10 atom stereocenters. The number of aliphatic hydroxyl groups excluding tert-OH is 2. The predicted molar refractivity (Wildman–Crippen MR) is 383 cm³/mol. The van der Waals surface area contributed by atoms with Crippen LogP contribution in [0.5, 0.6) is 0 Å². The number of nitrogens with one attached hydrogen (secondary N) is 4. The van der Waals surface area contributed by atoms with Gasteiger partial charge >= 0.3 is 0 Å². The summed E-state index contributed by atoms with van der Waals surface area (Å²) in [6.45, 7) is 9.09. The third-order valence-electron chi connectivity index (χ3n) is 21.9. The molecule has 0 aromatic rings. The molecule has 0 radical (unpaired) electrons. The fourth-order valence-corrected chi connectivity index (χ4v) is 16.1. The van der Waals surface area contributed by atoms with Crippen LogP contribution in [0.2, 0.25) is 0 Å². The number of rotatable bonds is 60. The van der Waals surface area contributed by atoms with Gasteiger partial charge in [0.25, 0.3) is 0 Å². The number of amides is 4. The molecule has 0 aromatic heterocycles. The topological polar surface area (TPSA) is 157 Å². The van der Waals surface area contributed by atoms with Crippen LogP contribution in [0.25, 0.3) is 0 Å². The third-order valence-corrected chi connectivity index (χ3v) is 21.9. The first-order chi connectivity index (χ1) is 44.1. The third kappa shape index (κ3) is 43.0. The highest BCUT2D eigenvalue weighted by Crippen LogP contribution is 2.47. The van der Waals surface area contributed by atoms with Crippen molar-refractivity contribution in [2.75, 3.05) is 0 Å². The van der Waals surface area contributed by atoms with E-state index in [-0.39, 0.29) is 60.0 Å². The summed E-state index contributed by atoms with van der Waals surface area (Å²) in [5.41, 5.74) is 0. The van der Waals surface area contributed by atoms with E-state index < -0.39 is 0 Å². The minimum absolute atomic E-state index is 0.0248. The summed E-state index contributed by atoms with van der Waals surface area (Å²) < 4.78 is 0. The molecule has 10 heteroatoms. The monoisotopic (exact) mass is 1270 g/mol. The first kappa shape index (κ1) is 82.0. The van der Waals surface area contributed by atoms with Crippen molar-refractivity contribution in [2.45, 2.75) is 462 Å². The van der Waals surface area contributed by atoms with Crippen LogP contribution < -0.4 is 21.3 Å². The second kappa shape index (κ2) is 57.1. The average Bonchev–Trinajstić information content (AvgIpc) is 2.38. The Morgan fingerprint density at radius 2 is 0.467 bits per heavy atom. The molecule has 3 aliphatic carbocycles. The van der Waals surface area contributed by atoms with Gasteiger partial charge in [-0.3, -0.25) is 19.2 Å². The molecule has 10 nitrogen and oxygen atoms in total. The van der Waals surface area contributed by atoms with Crippen molar-refractivity contribution in [3.8, 4) is 0 Å². The first-order valence-corrected chi connectivity index (χ1v) is 40.6. The highest BCUT2D eigenvalue weighted by atomic mass is 16.3. The molecule has 0 spiro atoms. The van der Waals surface area contributed by atoms with Crippen molar-refractivity contribution in [2.24, 2.45) is 23.7 Å². The van der Waals surface area contributed by atoms with E-state index >= 15 is 0 Å². The van der Waals surface area contributed by atoms with Gasteiger partial charge in [0, 0.05) is 49.9 Å². The molecule has 90 heavy (non-hydrogen) atoms. The SMILES string of the molecule is CCCCCCCCC1CC(CCCCC(=O)NC2CCCC[C@@H]2NC(=O)CCCCCCCCCCC(O)CCCCCC)C(CCCCC(=O)N[C@@H]2CCCC[C@H]2NC(=O)CCCCCCCCCCC(O)CCCCCC)CC1CCCCCCCC. The Kier molecular flexibility index (Phi) is 52.0. The van der Waals surface area contributed by atoms with Gasteiger partial charge in [-0.2, -0.15) is 0 Å². The van der Waals surface area contributed by atoms with Crippen LogP contribution in [0, 0.1) is 23.7 Å². The number of unbranched alkanes of at least 4 members (excludes halogenated alkanes) is 32. The van der Waals surface area contributed by atoms with E-state index in [0.717, 1.165) is 166 Å². The van der Waals surface area contributed by atoms with Crippen molar-refractivity contribution >= 4 is 23.6 Å². The zero-order valence-electron chi connectivity index (χ0n) is 60.1. The first-order valence-electron chi connectivity index (χ1n) is 40.6. The molecule has 528 valence electrons. The molecule has 0 saturated heterocycles. The Bertz CT molecular complexity index is 1580. The molecule has 3 fully saturated rings. The summed E-state index contributed by atoms with van der Waals surface area (Å²) in [5.74, 6) is 3.58. The van der Waals surface area contributed by atoms with Crippen LogP contribution in [-0.2, 0) is 19.2 Å². The number of carbonyl (C=O) groups excluding carboxylic acids is 4. The van der Waals surface area contributed by atoms with Crippen molar-refractivity contribution in [3.63, 3.8) is 0 Å². The van der Waals surface area contributed by atoms with E-state index in [1.54, 1.807) is 0 Å². The van der Waals surface area contributed by atoms with E-state index in [1.165, 1.54) is 218 Å². The number of aliphatic hydroxyl groups is 2. The zero-order valence-corrected chi connectivity index (χ0v) is 60.1. The van der Waals surface area contributed by atoms with Gasteiger partial charge in [-0.25, -0.2) is 0 Å². The second-order valence-corrected chi connectivity index (χ2v) is 30.1. The molecule has 0 aromatic carbocycles. The summed E-state index contributed by atoms with van der Waals surface area (Å²) in [6.07, 6.45) is 70.4. The van der Waals surface area contributed by atoms with Crippen molar-refractivity contribution in [1.29, 1.82) is 0 Å². The van der Waals surface area contributed by atoms with Gasteiger partial charge in [0.05, 0.1) is 12.2 Å². The molecule has 0 aliphatic heterocycles. The molecule has 3 aliphatic rings. The van der Waals surface area contributed by atoms with E-state index in [1.807, 2.05) is 0 Å². The van der Waals surface area contributed by atoms with Gasteiger partial charge in [-0.05, 0) is 114 Å². The molecule has 7 unspecified atom stereocenters. The molecule has 4 amide bonds. The maximum Gasteiger partial charge on any atom is 0.220 e. The normalized spacial score (nSPS) is 21.8. The Morgan fingerprint density at radius 1 is 0.278 bits per heavy atom. The van der Waals surface area contributed by atoms with Crippen molar-refractivity contribution in [3.05, 3.63) is 0 Å². The van der Waals surface area contributed by atoms with Gasteiger partial charge < -0.3 is 31.5 Å². The Labute approximate surface area is 557 Å². The van der Waals surface area contributed by atoms with Crippen LogP contribution in [0.4, 0.5) is 0 Å². The zero-order chi connectivity index (χ0) is 64.8. The lowest BCUT2D eigenvalue weighted by atomic mass is 9.63. The van der Waals surface area contributed by atoms with Gasteiger partial charge in [0.1, 0.15) is 0 Å². The lowest BCUT2D eigenvalue weighted by Crippen LogP contribution is -2.53. The van der Waals surface area contributed by atoms with Crippen LogP contribution >= 0.6 is 0 Å². The molecule has 3 saturated carbocycles. The Hall–Kier alpha value is -2.20. The van der Waals surface area contributed by atoms with E-state index in [0.29, 0.717) is 37.5 Å². The van der Waals surface area contributed by atoms with E-state index in [9.17, 15) is 29.4 Å². The maximum atomic E-state index is 13.7. The summed E-state index contributed by atoms with van der Waals surface area (Å²) >= 11 is 0. The molecule has 3 rings (SSSR count). The summed E-state index contributed by atoms with van der Waals surface area (Å²) in [4.78, 5) is 53.7. The smallest absolute Gasteiger partial charge is 0.220 e. The van der Waals surface area contributed by atoms with Gasteiger partial charge in [0.2, 0.25) is 23.6 Å². The fourth-order valence-electron chi connectivity index (χ4n) is 16.1. The van der Waals surface area contributed by atoms with Crippen LogP contribution in [0.15, 0.2) is 0 Å². The number of carbonyl (C=O) groups is 4.